The minimum absolute atomic E-state index is 0.0522. The molecule has 0 aliphatic rings. The zero-order valence-electron chi connectivity index (χ0n) is 19.1. The number of carbonyl (C=O) groups excluding carboxylic acids is 2. The molecule has 3 rings (SSSR count). The SMILES string of the molecule is COCC(=O)Nc1c(C(=O)OC)n(CCCc2ccccc2)c2ncc(N[C@H](C)CO)cc12. The van der Waals surface area contributed by atoms with Crippen LogP contribution in [0.25, 0.3) is 11.0 Å². The molecular formula is C24H30N4O5. The summed E-state index contributed by atoms with van der Waals surface area (Å²) in [7, 11) is 2.73. The summed E-state index contributed by atoms with van der Waals surface area (Å²) in [6.07, 6.45) is 3.22. The first-order valence-corrected chi connectivity index (χ1v) is 10.8. The van der Waals surface area contributed by atoms with Crippen molar-refractivity contribution in [2.75, 3.05) is 38.1 Å². The Bertz CT molecular complexity index is 1100. The Hall–Kier alpha value is -3.43. The standard InChI is InChI=1S/C24H30N4O5/c1-16(14-29)26-18-12-19-21(27-20(30)15-32-2)22(24(31)33-3)28(23(19)25-13-18)11-7-10-17-8-5-4-6-9-17/h4-6,8-9,12-13,16,26,29H,7,10-11,14-15H2,1-3H3,(H,27,30)/t16-/m1/s1. The van der Waals surface area contributed by atoms with Gasteiger partial charge in [0.1, 0.15) is 12.3 Å². The van der Waals surface area contributed by atoms with E-state index in [0.717, 1.165) is 12.8 Å². The number of carbonyl (C=O) groups is 2. The van der Waals surface area contributed by atoms with Gasteiger partial charge in [0.25, 0.3) is 0 Å². The molecule has 3 N–H and O–H groups in total. The number of aromatic nitrogens is 2. The van der Waals surface area contributed by atoms with Gasteiger partial charge in [0.05, 0.1) is 31.3 Å². The van der Waals surface area contributed by atoms with Crippen molar-refractivity contribution < 1.29 is 24.2 Å². The van der Waals surface area contributed by atoms with Gasteiger partial charge in [-0.25, -0.2) is 9.78 Å². The average Bonchev–Trinajstić information content (AvgIpc) is 3.11. The average molecular weight is 455 g/mol. The molecule has 0 aliphatic carbocycles. The lowest BCUT2D eigenvalue weighted by atomic mass is 10.1. The molecule has 3 aromatic rings. The quantitative estimate of drug-likeness (QED) is 0.382. The Kier molecular flexibility index (Phi) is 8.39. The molecule has 33 heavy (non-hydrogen) atoms. The van der Waals surface area contributed by atoms with E-state index in [1.54, 1.807) is 16.8 Å². The highest BCUT2D eigenvalue weighted by molar-refractivity contribution is 6.11. The van der Waals surface area contributed by atoms with E-state index in [1.807, 2.05) is 25.1 Å². The van der Waals surface area contributed by atoms with E-state index in [0.29, 0.717) is 29.0 Å². The number of nitrogens with one attached hydrogen (secondary N) is 2. The van der Waals surface area contributed by atoms with Gasteiger partial charge in [-0.1, -0.05) is 30.3 Å². The molecule has 0 spiro atoms. The van der Waals surface area contributed by atoms with Gasteiger partial charge >= 0.3 is 5.97 Å². The molecule has 2 heterocycles. The van der Waals surface area contributed by atoms with Crippen LogP contribution >= 0.6 is 0 Å². The summed E-state index contributed by atoms with van der Waals surface area (Å²) in [5.74, 6) is -0.966. The van der Waals surface area contributed by atoms with Gasteiger partial charge in [0, 0.05) is 25.1 Å². The maximum Gasteiger partial charge on any atom is 0.356 e. The Morgan fingerprint density at radius 1 is 1.21 bits per heavy atom. The largest absolute Gasteiger partial charge is 0.464 e. The normalized spacial score (nSPS) is 11.9. The van der Waals surface area contributed by atoms with Crippen LogP contribution < -0.4 is 10.6 Å². The fraction of sp³-hybridized carbons (Fsp3) is 0.375. The summed E-state index contributed by atoms with van der Waals surface area (Å²) < 4.78 is 11.8. The Morgan fingerprint density at radius 3 is 2.64 bits per heavy atom. The van der Waals surface area contributed by atoms with Crippen LogP contribution in [0.4, 0.5) is 11.4 Å². The Balaban J connectivity index is 2.05. The lowest BCUT2D eigenvalue weighted by Crippen LogP contribution is -2.20. The van der Waals surface area contributed by atoms with Crippen molar-refractivity contribution in [1.29, 1.82) is 0 Å². The fourth-order valence-electron chi connectivity index (χ4n) is 3.68. The summed E-state index contributed by atoms with van der Waals surface area (Å²) in [6.45, 7) is 2.13. The minimum Gasteiger partial charge on any atom is -0.464 e. The highest BCUT2D eigenvalue weighted by atomic mass is 16.5. The number of aryl methyl sites for hydroxylation is 2. The minimum atomic E-state index is -0.571. The first kappa shape index (κ1) is 24.2. The second-order valence-electron chi connectivity index (χ2n) is 7.76. The van der Waals surface area contributed by atoms with Crippen molar-refractivity contribution in [2.24, 2.45) is 0 Å². The fourth-order valence-corrected chi connectivity index (χ4v) is 3.68. The third kappa shape index (κ3) is 5.88. The van der Waals surface area contributed by atoms with E-state index in [9.17, 15) is 14.7 Å². The predicted octanol–water partition coefficient (Wildman–Crippen LogP) is 2.83. The molecule has 0 unspecified atom stereocenters. The van der Waals surface area contributed by atoms with Crippen LogP contribution in [0.15, 0.2) is 42.6 Å². The van der Waals surface area contributed by atoms with E-state index < -0.39 is 11.9 Å². The number of methoxy groups -OCH3 is 2. The molecule has 0 saturated carbocycles. The van der Waals surface area contributed by atoms with Crippen LogP contribution in [0.3, 0.4) is 0 Å². The molecule has 0 radical (unpaired) electrons. The maximum atomic E-state index is 12.8. The van der Waals surface area contributed by atoms with Crippen molar-refractivity contribution >= 4 is 34.3 Å². The highest BCUT2D eigenvalue weighted by Crippen LogP contribution is 2.33. The number of amides is 1. The number of hydrogen-bond acceptors (Lipinski definition) is 7. The zero-order chi connectivity index (χ0) is 23.8. The molecule has 1 atom stereocenters. The third-order valence-corrected chi connectivity index (χ3v) is 5.19. The van der Waals surface area contributed by atoms with Crippen molar-refractivity contribution in [3.05, 3.63) is 53.9 Å². The molecule has 1 amide bonds. The molecular weight excluding hydrogens is 424 g/mol. The van der Waals surface area contributed by atoms with E-state index in [-0.39, 0.29) is 24.9 Å². The van der Waals surface area contributed by atoms with Gasteiger partial charge in [0.2, 0.25) is 5.91 Å². The van der Waals surface area contributed by atoms with E-state index in [2.05, 4.69) is 27.8 Å². The molecule has 0 saturated heterocycles. The summed E-state index contributed by atoms with van der Waals surface area (Å²) in [4.78, 5) is 29.7. The van der Waals surface area contributed by atoms with Crippen molar-refractivity contribution in [3.8, 4) is 0 Å². The molecule has 176 valence electrons. The Morgan fingerprint density at radius 2 is 1.97 bits per heavy atom. The van der Waals surface area contributed by atoms with Gasteiger partial charge in [0.15, 0.2) is 5.69 Å². The first-order chi connectivity index (χ1) is 16.0. The molecule has 0 bridgehead atoms. The van der Waals surface area contributed by atoms with E-state index in [1.165, 1.54) is 19.8 Å². The van der Waals surface area contributed by atoms with Crippen molar-refractivity contribution in [2.45, 2.75) is 32.4 Å². The Labute approximate surface area is 192 Å². The topological polar surface area (TPSA) is 115 Å². The van der Waals surface area contributed by atoms with Crippen LogP contribution in [0.1, 0.15) is 29.4 Å². The van der Waals surface area contributed by atoms with E-state index >= 15 is 0 Å². The van der Waals surface area contributed by atoms with Crippen LogP contribution in [-0.2, 0) is 27.2 Å². The number of pyridine rings is 1. The van der Waals surface area contributed by atoms with Crippen LogP contribution in [-0.4, -0.2) is 60.0 Å². The van der Waals surface area contributed by atoms with Gasteiger partial charge in [-0.3, -0.25) is 4.79 Å². The summed E-state index contributed by atoms with van der Waals surface area (Å²) >= 11 is 0. The molecule has 9 heteroatoms. The van der Waals surface area contributed by atoms with Gasteiger partial charge in [-0.2, -0.15) is 0 Å². The zero-order valence-corrected chi connectivity index (χ0v) is 19.1. The molecule has 2 aromatic heterocycles. The number of esters is 1. The van der Waals surface area contributed by atoms with Crippen LogP contribution in [0.2, 0.25) is 0 Å². The smallest absolute Gasteiger partial charge is 0.356 e. The van der Waals surface area contributed by atoms with Crippen LogP contribution in [0.5, 0.6) is 0 Å². The number of anilines is 2. The monoisotopic (exact) mass is 454 g/mol. The molecule has 9 nitrogen and oxygen atoms in total. The summed E-state index contributed by atoms with van der Waals surface area (Å²) in [6, 6.07) is 11.7. The number of fused-ring (bicyclic) bond motifs is 1. The number of aliphatic hydroxyl groups excluding tert-OH is 1. The molecule has 0 aliphatic heterocycles. The first-order valence-electron chi connectivity index (χ1n) is 10.8. The number of benzene rings is 1. The number of hydrogen-bond donors (Lipinski definition) is 3. The van der Waals surface area contributed by atoms with Crippen molar-refractivity contribution in [1.82, 2.24) is 9.55 Å². The number of aliphatic hydroxyl groups is 1. The maximum absolute atomic E-state index is 12.8. The highest BCUT2D eigenvalue weighted by Gasteiger charge is 2.26. The lowest BCUT2D eigenvalue weighted by molar-refractivity contribution is -0.119. The number of rotatable bonds is 11. The molecule has 0 fully saturated rings. The predicted molar refractivity (Wildman–Crippen MR) is 127 cm³/mol. The van der Waals surface area contributed by atoms with Crippen molar-refractivity contribution in [3.63, 3.8) is 0 Å². The summed E-state index contributed by atoms with van der Waals surface area (Å²) in [5.41, 5.74) is 2.96. The second kappa shape index (κ2) is 11.4. The van der Waals surface area contributed by atoms with E-state index in [4.69, 9.17) is 9.47 Å². The number of nitrogens with zero attached hydrogens (tertiary/aromatic N) is 2. The van der Waals surface area contributed by atoms with Gasteiger partial charge in [-0.05, 0) is 31.4 Å². The third-order valence-electron chi connectivity index (χ3n) is 5.19. The van der Waals surface area contributed by atoms with Gasteiger partial charge < -0.3 is 29.8 Å². The van der Waals surface area contributed by atoms with Gasteiger partial charge in [-0.15, -0.1) is 0 Å². The van der Waals surface area contributed by atoms with Crippen LogP contribution in [0, 0.1) is 0 Å². The molecule has 1 aromatic carbocycles. The lowest BCUT2D eigenvalue weighted by Gasteiger charge is -2.12. The summed E-state index contributed by atoms with van der Waals surface area (Å²) in [5, 5.41) is 15.9. The second-order valence-corrected chi connectivity index (χ2v) is 7.76. The number of ether oxygens (including phenoxy) is 2.